The van der Waals surface area contributed by atoms with Gasteiger partial charge in [-0.1, -0.05) is 6.07 Å². The highest BCUT2D eigenvalue weighted by Gasteiger charge is 2.12. The van der Waals surface area contributed by atoms with Gasteiger partial charge in [0.25, 0.3) is 5.91 Å². The summed E-state index contributed by atoms with van der Waals surface area (Å²) in [5.74, 6) is 0.939. The van der Waals surface area contributed by atoms with Gasteiger partial charge in [-0.25, -0.2) is 0 Å². The molecule has 0 saturated heterocycles. The number of aryl methyl sites for hydroxylation is 2. The zero-order valence-corrected chi connectivity index (χ0v) is 16.5. The van der Waals surface area contributed by atoms with E-state index in [1.54, 1.807) is 32.4 Å². The highest BCUT2D eigenvalue weighted by molar-refractivity contribution is 5.94. The summed E-state index contributed by atoms with van der Waals surface area (Å²) in [7, 11) is 4.65. The van der Waals surface area contributed by atoms with Crippen LogP contribution in [-0.4, -0.2) is 39.8 Å². The molecule has 0 aliphatic carbocycles. The topological polar surface area (TPSA) is 83.1 Å². The number of amides is 1. The standard InChI is InChI=1S/C21H25NO6/c1-14-5-7-19(27-4)18(9-14)22-20(23)13-28-21(24)8-6-15-10-16(25-2)12-17(11-15)26-3/h5,7,9-12H,6,8,13H2,1-4H3,(H,22,23). The third kappa shape index (κ3) is 6.19. The van der Waals surface area contributed by atoms with Crippen molar-refractivity contribution in [1.29, 1.82) is 0 Å². The molecule has 0 fully saturated rings. The minimum atomic E-state index is -0.465. The normalized spacial score (nSPS) is 10.1. The fourth-order valence-corrected chi connectivity index (χ4v) is 2.58. The maximum atomic E-state index is 12.1. The van der Waals surface area contributed by atoms with E-state index in [1.165, 1.54) is 7.11 Å². The van der Waals surface area contributed by atoms with Gasteiger partial charge in [-0.2, -0.15) is 0 Å². The summed E-state index contributed by atoms with van der Waals surface area (Å²) >= 11 is 0. The molecule has 28 heavy (non-hydrogen) atoms. The van der Waals surface area contributed by atoms with Crippen LogP contribution in [0.15, 0.2) is 36.4 Å². The largest absolute Gasteiger partial charge is 0.497 e. The van der Waals surface area contributed by atoms with E-state index in [0.29, 0.717) is 29.4 Å². The molecule has 7 heteroatoms. The molecule has 0 radical (unpaired) electrons. The lowest BCUT2D eigenvalue weighted by atomic mass is 10.1. The van der Waals surface area contributed by atoms with Gasteiger partial charge in [0.2, 0.25) is 0 Å². The molecular weight excluding hydrogens is 362 g/mol. The molecule has 0 saturated carbocycles. The van der Waals surface area contributed by atoms with Crippen LogP contribution in [0.5, 0.6) is 17.2 Å². The number of hydrogen-bond donors (Lipinski definition) is 1. The summed E-state index contributed by atoms with van der Waals surface area (Å²) in [5, 5.41) is 2.69. The zero-order valence-electron chi connectivity index (χ0n) is 16.5. The highest BCUT2D eigenvalue weighted by Crippen LogP contribution is 2.25. The lowest BCUT2D eigenvalue weighted by Gasteiger charge is -2.11. The Labute approximate surface area is 164 Å². The fraction of sp³-hybridized carbons (Fsp3) is 0.333. The summed E-state index contributed by atoms with van der Waals surface area (Å²) in [6.07, 6.45) is 0.580. The molecule has 7 nitrogen and oxygen atoms in total. The van der Waals surface area contributed by atoms with Crippen LogP contribution < -0.4 is 19.5 Å². The lowest BCUT2D eigenvalue weighted by molar-refractivity contribution is -0.147. The molecule has 0 atom stereocenters. The van der Waals surface area contributed by atoms with E-state index in [1.807, 2.05) is 25.1 Å². The number of carbonyl (C=O) groups excluding carboxylic acids is 2. The van der Waals surface area contributed by atoms with Crippen LogP contribution in [0.4, 0.5) is 5.69 Å². The van der Waals surface area contributed by atoms with Crippen molar-refractivity contribution in [3.63, 3.8) is 0 Å². The number of hydrogen-bond acceptors (Lipinski definition) is 6. The number of ether oxygens (including phenoxy) is 4. The van der Waals surface area contributed by atoms with E-state index < -0.39 is 11.9 Å². The van der Waals surface area contributed by atoms with E-state index in [-0.39, 0.29) is 13.0 Å². The first kappa shape index (κ1) is 21.1. The van der Waals surface area contributed by atoms with Gasteiger partial charge in [0.1, 0.15) is 17.2 Å². The molecule has 0 aromatic heterocycles. The third-order valence-corrected chi connectivity index (χ3v) is 4.02. The van der Waals surface area contributed by atoms with E-state index >= 15 is 0 Å². The molecule has 1 amide bonds. The maximum absolute atomic E-state index is 12.1. The van der Waals surface area contributed by atoms with Crippen molar-refractivity contribution in [3.05, 3.63) is 47.5 Å². The average molecular weight is 387 g/mol. The zero-order chi connectivity index (χ0) is 20.5. The first-order valence-electron chi connectivity index (χ1n) is 8.77. The number of benzene rings is 2. The van der Waals surface area contributed by atoms with Crippen LogP contribution in [0.2, 0.25) is 0 Å². The number of anilines is 1. The number of carbonyl (C=O) groups is 2. The van der Waals surface area contributed by atoms with Crippen molar-refractivity contribution in [1.82, 2.24) is 0 Å². The smallest absolute Gasteiger partial charge is 0.306 e. The van der Waals surface area contributed by atoms with Crippen LogP contribution in [0.1, 0.15) is 17.5 Å². The van der Waals surface area contributed by atoms with Crippen molar-refractivity contribution >= 4 is 17.6 Å². The molecular formula is C21H25NO6. The predicted molar refractivity (Wildman–Crippen MR) is 105 cm³/mol. The van der Waals surface area contributed by atoms with E-state index in [4.69, 9.17) is 18.9 Å². The molecule has 0 unspecified atom stereocenters. The Bertz CT molecular complexity index is 811. The van der Waals surface area contributed by atoms with Crippen molar-refractivity contribution in [2.75, 3.05) is 33.3 Å². The first-order valence-corrected chi connectivity index (χ1v) is 8.77. The van der Waals surface area contributed by atoms with E-state index in [0.717, 1.165) is 11.1 Å². The second kappa shape index (κ2) is 10.2. The van der Waals surface area contributed by atoms with Crippen molar-refractivity contribution in [2.45, 2.75) is 19.8 Å². The van der Waals surface area contributed by atoms with Crippen molar-refractivity contribution in [2.24, 2.45) is 0 Å². The van der Waals surface area contributed by atoms with Gasteiger partial charge in [-0.05, 0) is 48.7 Å². The summed E-state index contributed by atoms with van der Waals surface area (Å²) in [6, 6.07) is 10.8. The minimum absolute atomic E-state index is 0.136. The van der Waals surface area contributed by atoms with E-state index in [9.17, 15) is 9.59 Å². The molecule has 0 aliphatic heterocycles. The number of methoxy groups -OCH3 is 3. The van der Waals surface area contributed by atoms with Gasteiger partial charge in [0.15, 0.2) is 6.61 Å². The predicted octanol–water partition coefficient (Wildman–Crippen LogP) is 3.14. The van der Waals surface area contributed by atoms with Crippen molar-refractivity contribution < 1.29 is 28.5 Å². The van der Waals surface area contributed by atoms with Crippen LogP contribution in [0.3, 0.4) is 0 Å². The van der Waals surface area contributed by atoms with Gasteiger partial charge >= 0.3 is 5.97 Å². The second-order valence-electron chi connectivity index (χ2n) is 6.13. The van der Waals surface area contributed by atoms with Gasteiger partial charge < -0.3 is 24.3 Å². The summed E-state index contributed by atoms with van der Waals surface area (Å²) in [4.78, 5) is 24.0. The molecule has 1 N–H and O–H groups in total. The molecule has 2 aromatic rings. The SMILES string of the molecule is COc1cc(CCC(=O)OCC(=O)Nc2cc(C)ccc2OC)cc(OC)c1. The average Bonchev–Trinajstić information content (AvgIpc) is 2.70. The van der Waals surface area contributed by atoms with Gasteiger partial charge in [-0.3, -0.25) is 9.59 Å². The molecule has 0 spiro atoms. The Morgan fingerprint density at radius 1 is 0.929 bits per heavy atom. The Kier molecular flexibility index (Phi) is 7.68. The van der Waals surface area contributed by atoms with Crippen LogP contribution in [-0.2, 0) is 20.7 Å². The highest BCUT2D eigenvalue weighted by atomic mass is 16.5. The van der Waals surface area contributed by atoms with Crippen LogP contribution in [0.25, 0.3) is 0 Å². The number of nitrogens with one attached hydrogen (secondary N) is 1. The maximum Gasteiger partial charge on any atom is 0.306 e. The Hall–Kier alpha value is -3.22. The molecule has 150 valence electrons. The summed E-state index contributed by atoms with van der Waals surface area (Å²) in [5.41, 5.74) is 2.39. The minimum Gasteiger partial charge on any atom is -0.497 e. The molecule has 2 rings (SSSR count). The molecule has 0 bridgehead atoms. The van der Waals surface area contributed by atoms with Crippen LogP contribution in [0, 0.1) is 6.92 Å². The quantitative estimate of drug-likeness (QED) is 0.666. The summed E-state index contributed by atoms with van der Waals surface area (Å²) < 4.78 is 20.7. The van der Waals surface area contributed by atoms with Gasteiger partial charge in [0.05, 0.1) is 27.0 Å². The Morgan fingerprint density at radius 3 is 2.21 bits per heavy atom. The first-order chi connectivity index (χ1) is 13.4. The Morgan fingerprint density at radius 2 is 1.61 bits per heavy atom. The third-order valence-electron chi connectivity index (χ3n) is 4.02. The van der Waals surface area contributed by atoms with Crippen molar-refractivity contribution in [3.8, 4) is 17.2 Å². The number of esters is 1. The van der Waals surface area contributed by atoms with Crippen LogP contribution >= 0.6 is 0 Å². The summed E-state index contributed by atoms with van der Waals surface area (Å²) in [6.45, 7) is 1.54. The fourth-order valence-electron chi connectivity index (χ4n) is 2.58. The molecule has 2 aromatic carbocycles. The van der Waals surface area contributed by atoms with Gasteiger partial charge in [0, 0.05) is 12.5 Å². The molecule has 0 heterocycles. The van der Waals surface area contributed by atoms with Gasteiger partial charge in [-0.15, -0.1) is 0 Å². The monoisotopic (exact) mass is 387 g/mol. The van der Waals surface area contributed by atoms with E-state index in [2.05, 4.69) is 5.32 Å². The second-order valence-corrected chi connectivity index (χ2v) is 6.13. The lowest BCUT2D eigenvalue weighted by Crippen LogP contribution is -2.21. The molecule has 0 aliphatic rings. The number of rotatable bonds is 9. The Balaban J connectivity index is 1.84.